The Bertz CT molecular complexity index is 701. The summed E-state index contributed by atoms with van der Waals surface area (Å²) in [5.74, 6) is 0.720. The number of ether oxygens (including phenoxy) is 1. The number of benzene rings is 1. The Morgan fingerprint density at radius 3 is 2.91 bits per heavy atom. The molecule has 1 aromatic heterocycles. The van der Waals surface area contributed by atoms with Crippen LogP contribution in [0.5, 0.6) is 5.75 Å². The average Bonchev–Trinajstić information content (AvgIpc) is 2.83. The van der Waals surface area contributed by atoms with Crippen molar-refractivity contribution in [3.05, 3.63) is 28.7 Å². The smallest absolute Gasteiger partial charge is 0.326 e. The van der Waals surface area contributed by atoms with E-state index in [0.29, 0.717) is 12.1 Å². The third kappa shape index (κ3) is 2.65. The highest BCUT2D eigenvalue weighted by atomic mass is 16.5. The topological polar surface area (TPSA) is 50.3 Å². The van der Waals surface area contributed by atoms with Crippen molar-refractivity contribution in [1.29, 1.82) is 0 Å². The largest absolute Gasteiger partial charge is 0.494 e. The molecule has 3 rings (SSSR count). The Hall–Kier alpha value is -1.75. The zero-order valence-electron chi connectivity index (χ0n) is 13.6. The molecule has 1 aliphatic heterocycles. The van der Waals surface area contributed by atoms with E-state index in [0.717, 1.165) is 36.3 Å². The Labute approximate surface area is 130 Å². The maximum atomic E-state index is 12.4. The number of hydrogen-bond donors (Lipinski definition) is 1. The summed E-state index contributed by atoms with van der Waals surface area (Å²) in [6.45, 7) is 6.34. The van der Waals surface area contributed by atoms with Gasteiger partial charge in [-0.05, 0) is 45.4 Å². The number of hydrogen-bond acceptors (Lipinski definition) is 3. The normalized spacial score (nSPS) is 19.9. The van der Waals surface area contributed by atoms with Crippen LogP contribution in [0.4, 0.5) is 0 Å². The van der Waals surface area contributed by atoms with Gasteiger partial charge in [-0.3, -0.25) is 9.47 Å². The van der Waals surface area contributed by atoms with Crippen LogP contribution in [-0.4, -0.2) is 40.2 Å². The second kappa shape index (κ2) is 6.16. The number of para-hydroxylation sites is 1. The van der Waals surface area contributed by atoms with E-state index in [1.807, 2.05) is 22.8 Å². The number of piperidine rings is 1. The van der Waals surface area contributed by atoms with Crippen LogP contribution in [0, 0.1) is 0 Å². The molecule has 0 amide bonds. The average molecular weight is 303 g/mol. The van der Waals surface area contributed by atoms with Crippen molar-refractivity contribution in [2.45, 2.75) is 51.7 Å². The summed E-state index contributed by atoms with van der Waals surface area (Å²) in [6.07, 6.45) is 3.65. The van der Waals surface area contributed by atoms with Gasteiger partial charge >= 0.3 is 5.69 Å². The van der Waals surface area contributed by atoms with E-state index in [4.69, 9.17) is 4.74 Å². The second-order valence-electron chi connectivity index (χ2n) is 6.38. The van der Waals surface area contributed by atoms with Crippen LogP contribution in [0.1, 0.15) is 33.1 Å². The van der Waals surface area contributed by atoms with Gasteiger partial charge in [-0.15, -0.1) is 0 Å². The molecule has 2 aromatic rings. The SMILES string of the molecule is COc1cccc2c1[nH]c(=O)n2CC1CCCCN1C(C)C. The highest BCUT2D eigenvalue weighted by Gasteiger charge is 2.26. The Kier molecular flexibility index (Phi) is 4.25. The number of aromatic amines is 1. The maximum absolute atomic E-state index is 12.4. The van der Waals surface area contributed by atoms with E-state index >= 15 is 0 Å². The van der Waals surface area contributed by atoms with Crippen molar-refractivity contribution < 1.29 is 4.74 Å². The number of nitrogens with zero attached hydrogens (tertiary/aromatic N) is 2. The third-order valence-corrected chi connectivity index (χ3v) is 4.72. The molecule has 0 saturated carbocycles. The van der Waals surface area contributed by atoms with Crippen LogP contribution in [-0.2, 0) is 6.54 Å². The minimum absolute atomic E-state index is 0.0474. The monoisotopic (exact) mass is 303 g/mol. The molecule has 1 aromatic carbocycles. The number of H-pyrrole nitrogens is 1. The van der Waals surface area contributed by atoms with Crippen LogP contribution in [0.2, 0.25) is 0 Å². The molecule has 0 aliphatic carbocycles. The van der Waals surface area contributed by atoms with Gasteiger partial charge in [0.2, 0.25) is 0 Å². The summed E-state index contributed by atoms with van der Waals surface area (Å²) in [4.78, 5) is 17.9. The van der Waals surface area contributed by atoms with Gasteiger partial charge in [0.05, 0.1) is 12.6 Å². The van der Waals surface area contributed by atoms with E-state index in [1.165, 1.54) is 12.8 Å². The van der Waals surface area contributed by atoms with Gasteiger partial charge in [0.15, 0.2) is 0 Å². The molecule has 1 N–H and O–H groups in total. The lowest BCUT2D eigenvalue weighted by Gasteiger charge is -2.38. The molecule has 0 radical (unpaired) electrons. The summed E-state index contributed by atoms with van der Waals surface area (Å²) in [7, 11) is 1.63. The van der Waals surface area contributed by atoms with Crippen LogP contribution in [0.25, 0.3) is 11.0 Å². The van der Waals surface area contributed by atoms with Crippen molar-refractivity contribution in [3.63, 3.8) is 0 Å². The highest BCUT2D eigenvalue weighted by Crippen LogP contribution is 2.25. The number of aromatic nitrogens is 2. The predicted molar refractivity (Wildman–Crippen MR) is 88.6 cm³/mol. The number of imidazole rings is 1. The lowest BCUT2D eigenvalue weighted by atomic mass is 10.0. The molecule has 0 spiro atoms. The second-order valence-corrected chi connectivity index (χ2v) is 6.38. The molecule has 1 unspecified atom stereocenters. The zero-order valence-corrected chi connectivity index (χ0v) is 13.6. The van der Waals surface area contributed by atoms with Gasteiger partial charge < -0.3 is 9.72 Å². The van der Waals surface area contributed by atoms with Crippen LogP contribution >= 0.6 is 0 Å². The van der Waals surface area contributed by atoms with E-state index in [-0.39, 0.29) is 5.69 Å². The first-order valence-electron chi connectivity index (χ1n) is 8.13. The fourth-order valence-corrected chi connectivity index (χ4v) is 3.61. The molecular formula is C17H25N3O2. The van der Waals surface area contributed by atoms with E-state index in [1.54, 1.807) is 7.11 Å². The Balaban J connectivity index is 1.96. The van der Waals surface area contributed by atoms with Crippen molar-refractivity contribution in [3.8, 4) is 5.75 Å². The van der Waals surface area contributed by atoms with Crippen molar-refractivity contribution in [2.24, 2.45) is 0 Å². The van der Waals surface area contributed by atoms with E-state index in [2.05, 4.69) is 23.7 Å². The van der Waals surface area contributed by atoms with Crippen molar-refractivity contribution in [2.75, 3.05) is 13.7 Å². The minimum atomic E-state index is -0.0474. The van der Waals surface area contributed by atoms with E-state index in [9.17, 15) is 4.79 Å². The lowest BCUT2D eigenvalue weighted by molar-refractivity contribution is 0.0993. The molecule has 1 saturated heterocycles. The Morgan fingerprint density at radius 2 is 2.18 bits per heavy atom. The van der Waals surface area contributed by atoms with Gasteiger partial charge in [-0.2, -0.15) is 0 Å². The minimum Gasteiger partial charge on any atom is -0.494 e. The summed E-state index contributed by atoms with van der Waals surface area (Å²) in [6, 6.07) is 6.74. The van der Waals surface area contributed by atoms with Crippen LogP contribution < -0.4 is 10.4 Å². The zero-order chi connectivity index (χ0) is 15.7. The number of nitrogens with one attached hydrogen (secondary N) is 1. The molecular weight excluding hydrogens is 278 g/mol. The molecule has 22 heavy (non-hydrogen) atoms. The van der Waals surface area contributed by atoms with Gasteiger partial charge in [-0.25, -0.2) is 4.79 Å². The molecule has 1 atom stereocenters. The Morgan fingerprint density at radius 1 is 1.36 bits per heavy atom. The molecule has 1 aliphatic rings. The third-order valence-electron chi connectivity index (χ3n) is 4.72. The molecule has 5 nitrogen and oxygen atoms in total. The molecule has 2 heterocycles. The van der Waals surface area contributed by atoms with Gasteiger partial charge in [0.1, 0.15) is 11.3 Å². The molecule has 0 bridgehead atoms. The number of rotatable bonds is 4. The predicted octanol–water partition coefficient (Wildman–Crippen LogP) is 2.60. The molecule has 1 fully saturated rings. The number of likely N-dealkylation sites (tertiary alicyclic amines) is 1. The summed E-state index contributed by atoms with van der Waals surface area (Å²) < 4.78 is 7.22. The van der Waals surface area contributed by atoms with Crippen LogP contribution in [0.3, 0.4) is 0 Å². The lowest BCUT2D eigenvalue weighted by Crippen LogP contribution is -2.46. The number of fused-ring (bicyclic) bond motifs is 1. The first kappa shape index (κ1) is 15.2. The highest BCUT2D eigenvalue weighted by molar-refractivity contribution is 5.81. The fraction of sp³-hybridized carbons (Fsp3) is 0.588. The standard InChI is InChI=1S/C17H25N3O2/c1-12(2)19-10-5-4-7-13(19)11-20-14-8-6-9-15(22-3)16(14)18-17(20)21/h6,8-9,12-13H,4-5,7,10-11H2,1-3H3,(H,18,21). The van der Waals surface area contributed by atoms with Crippen LogP contribution in [0.15, 0.2) is 23.0 Å². The summed E-state index contributed by atoms with van der Waals surface area (Å²) >= 11 is 0. The van der Waals surface area contributed by atoms with Gasteiger partial charge in [0, 0.05) is 18.6 Å². The van der Waals surface area contributed by atoms with E-state index < -0.39 is 0 Å². The first-order valence-corrected chi connectivity index (χ1v) is 8.13. The summed E-state index contributed by atoms with van der Waals surface area (Å²) in [5, 5.41) is 0. The maximum Gasteiger partial charge on any atom is 0.326 e. The molecule has 5 heteroatoms. The quantitative estimate of drug-likeness (QED) is 0.944. The van der Waals surface area contributed by atoms with Gasteiger partial charge in [-0.1, -0.05) is 12.5 Å². The number of methoxy groups -OCH3 is 1. The van der Waals surface area contributed by atoms with Crippen molar-refractivity contribution >= 4 is 11.0 Å². The molecule has 120 valence electrons. The summed E-state index contributed by atoms with van der Waals surface area (Å²) in [5.41, 5.74) is 1.68. The van der Waals surface area contributed by atoms with Gasteiger partial charge in [0.25, 0.3) is 0 Å². The fourth-order valence-electron chi connectivity index (χ4n) is 3.61. The van der Waals surface area contributed by atoms with Crippen molar-refractivity contribution in [1.82, 2.24) is 14.5 Å². The first-order chi connectivity index (χ1) is 10.6.